The minimum Gasteiger partial charge on any atom is -0.469 e. The number of carbonyl (C=O) groups is 1. The summed E-state index contributed by atoms with van der Waals surface area (Å²) in [5, 5.41) is 3.90. The molecule has 7 heteroatoms. The monoisotopic (exact) mass is 407 g/mol. The fourth-order valence-electron chi connectivity index (χ4n) is 3.54. The zero-order chi connectivity index (χ0) is 20.2. The molecule has 2 atom stereocenters. The Labute approximate surface area is 174 Å². The number of nitrogens with zero attached hydrogens (tertiary/aromatic N) is 2. The van der Waals surface area contributed by atoms with Gasteiger partial charge in [-0.1, -0.05) is 36.4 Å². The Kier molecular flexibility index (Phi) is 5.57. The summed E-state index contributed by atoms with van der Waals surface area (Å²) in [6, 6.07) is 19.2. The van der Waals surface area contributed by atoms with E-state index in [0.717, 1.165) is 22.8 Å². The molecular weight excluding hydrogens is 386 g/mol. The van der Waals surface area contributed by atoms with Crippen LogP contribution in [0.1, 0.15) is 30.0 Å². The highest BCUT2D eigenvalue weighted by Gasteiger charge is 2.41. The van der Waals surface area contributed by atoms with E-state index in [-0.39, 0.29) is 24.5 Å². The van der Waals surface area contributed by atoms with Crippen molar-refractivity contribution in [3.8, 4) is 11.3 Å². The molecule has 4 rings (SSSR count). The highest BCUT2D eigenvalue weighted by Crippen LogP contribution is 2.40. The third-order valence-electron chi connectivity index (χ3n) is 4.96. The molecule has 0 saturated carbocycles. The first kappa shape index (κ1) is 19.1. The molecule has 1 aliphatic rings. The lowest BCUT2D eigenvalue weighted by Gasteiger charge is -2.25. The Morgan fingerprint density at radius 3 is 2.69 bits per heavy atom. The number of ether oxygens (including phenoxy) is 1. The number of carbonyl (C=O) groups excluding carboxylic acids is 1. The van der Waals surface area contributed by atoms with Gasteiger partial charge in [-0.2, -0.15) is 0 Å². The van der Waals surface area contributed by atoms with Gasteiger partial charge in [-0.3, -0.25) is 9.78 Å². The molecule has 1 fully saturated rings. The van der Waals surface area contributed by atoms with Crippen molar-refractivity contribution in [2.45, 2.75) is 18.5 Å². The average Bonchev–Trinajstić information content (AvgIpc) is 3.38. The third-order valence-corrected chi connectivity index (χ3v) is 5.31. The Morgan fingerprint density at radius 2 is 1.97 bits per heavy atom. The van der Waals surface area contributed by atoms with Gasteiger partial charge in [0.1, 0.15) is 17.6 Å². The van der Waals surface area contributed by atoms with Gasteiger partial charge in [0, 0.05) is 18.3 Å². The SMILES string of the molecule is COC(=O)CCN1C(=S)N[C@@H](c2ccccn2)[C@H]1c1ccc(-c2ccccc2)o1. The van der Waals surface area contributed by atoms with E-state index in [1.807, 2.05) is 65.6 Å². The summed E-state index contributed by atoms with van der Waals surface area (Å²) in [7, 11) is 1.38. The summed E-state index contributed by atoms with van der Waals surface area (Å²) >= 11 is 5.58. The molecule has 1 saturated heterocycles. The number of pyridine rings is 1. The molecule has 148 valence electrons. The van der Waals surface area contributed by atoms with Crippen LogP contribution in [0.3, 0.4) is 0 Å². The van der Waals surface area contributed by atoms with Gasteiger partial charge in [-0.25, -0.2) is 0 Å². The molecule has 3 heterocycles. The number of thiocarbonyl (C=S) groups is 1. The zero-order valence-corrected chi connectivity index (χ0v) is 16.8. The summed E-state index contributed by atoms with van der Waals surface area (Å²) in [6.07, 6.45) is 1.99. The van der Waals surface area contributed by atoms with Crippen LogP contribution in [0.2, 0.25) is 0 Å². The van der Waals surface area contributed by atoms with E-state index in [4.69, 9.17) is 21.4 Å². The topological polar surface area (TPSA) is 67.6 Å². The second-order valence-corrected chi connectivity index (χ2v) is 7.10. The normalized spacial score (nSPS) is 18.5. The number of methoxy groups -OCH3 is 1. The molecule has 0 radical (unpaired) electrons. The van der Waals surface area contributed by atoms with Crippen molar-refractivity contribution < 1.29 is 13.9 Å². The van der Waals surface area contributed by atoms with Crippen molar-refractivity contribution in [3.05, 3.63) is 78.3 Å². The summed E-state index contributed by atoms with van der Waals surface area (Å²) in [5.74, 6) is 1.26. The zero-order valence-electron chi connectivity index (χ0n) is 15.9. The van der Waals surface area contributed by atoms with Crippen LogP contribution in [0.4, 0.5) is 0 Å². The number of rotatable bonds is 6. The molecule has 0 amide bonds. The number of furan rings is 1. The molecule has 1 aliphatic heterocycles. The number of aromatic nitrogens is 1. The number of hydrogen-bond acceptors (Lipinski definition) is 5. The lowest BCUT2D eigenvalue weighted by molar-refractivity contribution is -0.140. The highest BCUT2D eigenvalue weighted by atomic mass is 32.1. The Hall–Kier alpha value is -3.19. The summed E-state index contributed by atoms with van der Waals surface area (Å²) in [4.78, 5) is 18.2. The largest absolute Gasteiger partial charge is 0.469 e. The molecule has 0 spiro atoms. The molecule has 2 aromatic heterocycles. The lowest BCUT2D eigenvalue weighted by Crippen LogP contribution is -2.31. The van der Waals surface area contributed by atoms with Crippen LogP contribution in [0, 0.1) is 0 Å². The van der Waals surface area contributed by atoms with Crippen LogP contribution in [0.5, 0.6) is 0 Å². The Morgan fingerprint density at radius 1 is 1.17 bits per heavy atom. The summed E-state index contributed by atoms with van der Waals surface area (Å²) in [6.45, 7) is 0.424. The van der Waals surface area contributed by atoms with Crippen molar-refractivity contribution in [1.29, 1.82) is 0 Å². The molecule has 1 N–H and O–H groups in total. The van der Waals surface area contributed by atoms with Gasteiger partial charge >= 0.3 is 5.97 Å². The maximum atomic E-state index is 11.7. The highest BCUT2D eigenvalue weighted by molar-refractivity contribution is 7.80. The standard InChI is InChI=1S/C22H21N3O3S/c1-27-19(26)12-14-25-21(20(24-22(25)29)16-9-5-6-13-23-16)18-11-10-17(28-18)15-7-3-2-4-8-15/h2-11,13,20-21H,12,14H2,1H3,(H,24,29)/t20-,21+/m0/s1. The van der Waals surface area contributed by atoms with Crippen molar-refractivity contribution >= 4 is 23.3 Å². The molecule has 6 nitrogen and oxygen atoms in total. The van der Waals surface area contributed by atoms with E-state index in [1.165, 1.54) is 7.11 Å². The van der Waals surface area contributed by atoms with E-state index < -0.39 is 0 Å². The Bertz CT molecular complexity index is 991. The van der Waals surface area contributed by atoms with E-state index in [0.29, 0.717) is 11.7 Å². The second-order valence-electron chi connectivity index (χ2n) is 6.71. The quantitative estimate of drug-likeness (QED) is 0.491. The van der Waals surface area contributed by atoms with Crippen molar-refractivity contribution in [1.82, 2.24) is 15.2 Å². The lowest BCUT2D eigenvalue weighted by atomic mass is 10.0. The average molecular weight is 407 g/mol. The maximum Gasteiger partial charge on any atom is 0.307 e. The predicted octanol–water partition coefficient (Wildman–Crippen LogP) is 3.88. The summed E-state index contributed by atoms with van der Waals surface area (Å²) < 4.78 is 11.0. The minimum atomic E-state index is -0.280. The number of benzene rings is 1. The van der Waals surface area contributed by atoms with Crippen LogP contribution in [-0.4, -0.2) is 34.6 Å². The van der Waals surface area contributed by atoms with Crippen LogP contribution in [0.15, 0.2) is 71.3 Å². The molecule has 0 unspecified atom stereocenters. The molecule has 29 heavy (non-hydrogen) atoms. The number of hydrogen-bond donors (Lipinski definition) is 1. The van der Waals surface area contributed by atoms with E-state index in [1.54, 1.807) is 6.20 Å². The van der Waals surface area contributed by atoms with E-state index >= 15 is 0 Å². The smallest absolute Gasteiger partial charge is 0.307 e. The van der Waals surface area contributed by atoms with Crippen LogP contribution in [-0.2, 0) is 9.53 Å². The van der Waals surface area contributed by atoms with Gasteiger partial charge in [-0.05, 0) is 36.5 Å². The predicted molar refractivity (Wildman–Crippen MR) is 113 cm³/mol. The van der Waals surface area contributed by atoms with E-state index in [2.05, 4.69) is 10.3 Å². The second kappa shape index (κ2) is 8.45. The Balaban J connectivity index is 1.68. The first-order valence-electron chi connectivity index (χ1n) is 9.37. The summed E-state index contributed by atoms with van der Waals surface area (Å²) in [5.41, 5.74) is 1.86. The first-order valence-corrected chi connectivity index (χ1v) is 9.78. The van der Waals surface area contributed by atoms with Crippen LogP contribution < -0.4 is 5.32 Å². The molecule has 0 bridgehead atoms. The van der Waals surface area contributed by atoms with Crippen LogP contribution >= 0.6 is 12.2 Å². The fourth-order valence-corrected chi connectivity index (χ4v) is 3.87. The van der Waals surface area contributed by atoms with Gasteiger partial charge in [0.25, 0.3) is 0 Å². The van der Waals surface area contributed by atoms with Crippen molar-refractivity contribution in [2.24, 2.45) is 0 Å². The fraction of sp³-hybridized carbons (Fsp3) is 0.227. The van der Waals surface area contributed by atoms with Gasteiger partial charge < -0.3 is 19.4 Å². The van der Waals surface area contributed by atoms with Gasteiger partial charge in [0.05, 0.1) is 25.3 Å². The number of esters is 1. The third kappa shape index (κ3) is 4.00. The van der Waals surface area contributed by atoms with E-state index in [9.17, 15) is 4.79 Å². The van der Waals surface area contributed by atoms with Gasteiger partial charge in [0.2, 0.25) is 0 Å². The van der Waals surface area contributed by atoms with Gasteiger partial charge in [-0.15, -0.1) is 0 Å². The molecule has 1 aromatic carbocycles. The first-order chi connectivity index (χ1) is 14.2. The molecule has 0 aliphatic carbocycles. The van der Waals surface area contributed by atoms with Gasteiger partial charge in [0.15, 0.2) is 5.11 Å². The van der Waals surface area contributed by atoms with Crippen LogP contribution in [0.25, 0.3) is 11.3 Å². The number of nitrogens with one attached hydrogen (secondary N) is 1. The van der Waals surface area contributed by atoms with Crippen molar-refractivity contribution in [2.75, 3.05) is 13.7 Å². The molecular formula is C22H21N3O3S. The maximum absolute atomic E-state index is 11.7. The minimum absolute atomic E-state index is 0.184. The molecule has 3 aromatic rings. The van der Waals surface area contributed by atoms with Crippen molar-refractivity contribution in [3.63, 3.8) is 0 Å².